The first kappa shape index (κ1) is 27.8. The minimum absolute atomic E-state index is 0.105. The molecule has 0 aromatic rings. The summed E-state index contributed by atoms with van der Waals surface area (Å²) in [7, 11) is 1.37. The van der Waals surface area contributed by atoms with Crippen molar-refractivity contribution >= 4 is 17.7 Å². The number of Topliss-reactive ketones (excluding diaryl/α,β-unsaturated/α-hetero) is 1. The fourth-order valence-electron chi connectivity index (χ4n) is 7.84. The molecule has 0 heterocycles. The Morgan fingerprint density at radius 2 is 1.73 bits per heavy atom. The highest BCUT2D eigenvalue weighted by Crippen LogP contribution is 2.66. The summed E-state index contributed by atoms with van der Waals surface area (Å²) in [5.41, 5.74) is 1.27. The molecule has 206 valence electrons. The lowest BCUT2D eigenvalue weighted by molar-refractivity contribution is -0.269. The second kappa shape index (κ2) is 9.19. The summed E-state index contributed by atoms with van der Waals surface area (Å²) >= 11 is 0. The van der Waals surface area contributed by atoms with Gasteiger partial charge in [0.1, 0.15) is 0 Å². The maximum absolute atomic E-state index is 13.5. The van der Waals surface area contributed by atoms with Crippen LogP contribution in [0.2, 0.25) is 0 Å². The molecule has 7 atom stereocenters. The van der Waals surface area contributed by atoms with Crippen molar-refractivity contribution in [1.29, 1.82) is 0 Å². The molecular formula is C27H34F5NO4. The number of alkyl halides is 5. The molecule has 0 saturated heterocycles. The lowest BCUT2D eigenvalue weighted by atomic mass is 9.48. The molecule has 0 aromatic carbocycles. The second-order valence-corrected chi connectivity index (χ2v) is 11.7. The summed E-state index contributed by atoms with van der Waals surface area (Å²) in [6.45, 7) is 5.12. The van der Waals surface area contributed by atoms with Crippen molar-refractivity contribution < 1.29 is 41.1 Å². The van der Waals surface area contributed by atoms with E-state index in [2.05, 4.69) is 18.3 Å². The summed E-state index contributed by atoms with van der Waals surface area (Å²) < 4.78 is 69.9. The molecule has 1 N–H and O–H groups in total. The van der Waals surface area contributed by atoms with Crippen molar-refractivity contribution in [1.82, 2.24) is 5.32 Å². The minimum atomic E-state index is -6.01. The standard InChI is InChI=1S/C27H34F5NO4/c1-14(21(34)26(28,29)27(30,31)32)33-22(35)20-8-7-18-17-6-5-16-13-15(23(36)37-4)9-11-24(16,2)19(17)10-12-25(18,20)3/h5,13-14,17-20H,6-12H2,1-4H3,(H,33,35)/t14?,17-,18-,19-,20+,24-,25-/m0/s1. The zero-order valence-corrected chi connectivity index (χ0v) is 21.5. The van der Waals surface area contributed by atoms with Crippen LogP contribution in [0.3, 0.4) is 0 Å². The third-order valence-electron chi connectivity index (χ3n) is 9.95. The SMILES string of the molecule is COC(=O)C1=CC2=CC[C@H]3[C@@H]4CC[C@H](C(=O)NC(C)C(=O)C(F)(F)C(F)(F)F)[C@@]4(C)CC[C@@H]3[C@@]2(C)CC1. The van der Waals surface area contributed by atoms with Crippen LogP contribution in [0.15, 0.2) is 23.3 Å². The Hall–Kier alpha value is -2.26. The topological polar surface area (TPSA) is 72.5 Å². The third-order valence-corrected chi connectivity index (χ3v) is 9.95. The molecule has 0 bridgehead atoms. The van der Waals surface area contributed by atoms with Gasteiger partial charge in [0.2, 0.25) is 11.7 Å². The molecule has 2 fully saturated rings. The van der Waals surface area contributed by atoms with Gasteiger partial charge in [-0.05, 0) is 92.1 Å². The Labute approximate surface area is 213 Å². The number of carbonyl (C=O) groups excluding carboxylic acids is 3. The van der Waals surface area contributed by atoms with Crippen LogP contribution < -0.4 is 5.32 Å². The predicted molar refractivity (Wildman–Crippen MR) is 124 cm³/mol. The van der Waals surface area contributed by atoms with E-state index in [1.807, 2.05) is 13.0 Å². The maximum atomic E-state index is 13.5. The largest absolute Gasteiger partial charge is 0.466 e. The fourth-order valence-corrected chi connectivity index (χ4v) is 7.84. The molecule has 37 heavy (non-hydrogen) atoms. The number of ether oxygens (including phenoxy) is 1. The molecule has 0 aromatic heterocycles. The maximum Gasteiger partial charge on any atom is 0.461 e. The van der Waals surface area contributed by atoms with Crippen LogP contribution in [-0.2, 0) is 19.1 Å². The molecule has 1 unspecified atom stereocenters. The van der Waals surface area contributed by atoms with Crippen LogP contribution in [0.5, 0.6) is 0 Å². The number of rotatable bonds is 5. The number of carbonyl (C=O) groups is 3. The molecule has 0 aliphatic heterocycles. The van der Waals surface area contributed by atoms with Crippen LogP contribution in [0.1, 0.15) is 65.7 Å². The smallest absolute Gasteiger partial charge is 0.461 e. The molecule has 4 aliphatic carbocycles. The van der Waals surface area contributed by atoms with E-state index in [9.17, 15) is 36.3 Å². The number of nitrogens with one attached hydrogen (secondary N) is 1. The monoisotopic (exact) mass is 531 g/mol. The number of methoxy groups -OCH3 is 1. The quantitative estimate of drug-likeness (QED) is 0.373. The van der Waals surface area contributed by atoms with Crippen molar-refractivity contribution in [3.63, 3.8) is 0 Å². The van der Waals surface area contributed by atoms with Gasteiger partial charge in [-0.1, -0.05) is 19.9 Å². The van der Waals surface area contributed by atoms with Crippen LogP contribution >= 0.6 is 0 Å². The Balaban J connectivity index is 1.51. The first-order valence-corrected chi connectivity index (χ1v) is 12.9. The summed E-state index contributed by atoms with van der Waals surface area (Å²) in [4.78, 5) is 37.0. The van der Waals surface area contributed by atoms with Crippen LogP contribution in [0.25, 0.3) is 0 Å². The molecule has 2 saturated carbocycles. The summed E-state index contributed by atoms with van der Waals surface area (Å²) in [6, 6.07) is -1.96. The highest BCUT2D eigenvalue weighted by molar-refractivity contribution is 5.94. The van der Waals surface area contributed by atoms with Crippen molar-refractivity contribution in [2.75, 3.05) is 7.11 Å². The van der Waals surface area contributed by atoms with Gasteiger partial charge in [-0.15, -0.1) is 0 Å². The van der Waals surface area contributed by atoms with Crippen LogP contribution in [0.4, 0.5) is 22.0 Å². The van der Waals surface area contributed by atoms with Gasteiger partial charge in [0.15, 0.2) is 0 Å². The minimum Gasteiger partial charge on any atom is -0.466 e. The normalized spacial score (nSPS) is 36.2. The number of ketones is 1. The number of allylic oxidation sites excluding steroid dienone is 3. The van der Waals surface area contributed by atoms with Gasteiger partial charge in [0, 0.05) is 11.5 Å². The van der Waals surface area contributed by atoms with Gasteiger partial charge in [-0.2, -0.15) is 22.0 Å². The van der Waals surface area contributed by atoms with E-state index in [1.54, 1.807) is 0 Å². The molecule has 4 aliphatic rings. The van der Waals surface area contributed by atoms with Gasteiger partial charge >= 0.3 is 18.1 Å². The Kier molecular flexibility index (Phi) is 6.89. The van der Waals surface area contributed by atoms with Gasteiger partial charge in [0.05, 0.1) is 13.2 Å². The molecule has 1 amide bonds. The van der Waals surface area contributed by atoms with E-state index in [1.165, 1.54) is 7.11 Å². The van der Waals surface area contributed by atoms with E-state index in [4.69, 9.17) is 4.74 Å². The number of amides is 1. The fraction of sp³-hybridized carbons (Fsp3) is 0.741. The molecular weight excluding hydrogens is 497 g/mol. The van der Waals surface area contributed by atoms with E-state index in [0.717, 1.165) is 38.2 Å². The van der Waals surface area contributed by atoms with Crippen molar-refractivity contribution in [3.05, 3.63) is 23.3 Å². The van der Waals surface area contributed by atoms with Crippen molar-refractivity contribution in [2.24, 2.45) is 34.5 Å². The van der Waals surface area contributed by atoms with E-state index >= 15 is 0 Å². The van der Waals surface area contributed by atoms with E-state index in [0.29, 0.717) is 36.7 Å². The molecule has 10 heteroatoms. The second-order valence-electron chi connectivity index (χ2n) is 11.7. The Bertz CT molecular complexity index is 1050. The number of hydrogen-bond acceptors (Lipinski definition) is 4. The van der Waals surface area contributed by atoms with Gasteiger partial charge in [-0.3, -0.25) is 9.59 Å². The lowest BCUT2D eigenvalue weighted by Crippen LogP contribution is -2.55. The van der Waals surface area contributed by atoms with Crippen molar-refractivity contribution in [2.45, 2.75) is 83.9 Å². The molecule has 5 nitrogen and oxygen atoms in total. The zero-order chi connectivity index (χ0) is 27.6. The van der Waals surface area contributed by atoms with Gasteiger partial charge in [-0.25, -0.2) is 4.79 Å². The molecule has 0 spiro atoms. The summed E-state index contributed by atoms with van der Waals surface area (Å²) in [5, 5.41) is 2.17. The Morgan fingerprint density at radius 3 is 2.35 bits per heavy atom. The highest BCUT2D eigenvalue weighted by atomic mass is 19.4. The number of halogens is 5. The number of esters is 1. The van der Waals surface area contributed by atoms with E-state index in [-0.39, 0.29) is 17.3 Å². The highest BCUT2D eigenvalue weighted by Gasteiger charge is 2.64. The zero-order valence-electron chi connectivity index (χ0n) is 21.5. The first-order valence-electron chi connectivity index (χ1n) is 12.9. The van der Waals surface area contributed by atoms with Gasteiger partial charge in [0.25, 0.3) is 0 Å². The summed E-state index contributed by atoms with van der Waals surface area (Å²) in [5.74, 6) is -8.56. The van der Waals surface area contributed by atoms with Gasteiger partial charge < -0.3 is 10.1 Å². The third kappa shape index (κ3) is 4.32. The average Bonchev–Trinajstić information content (AvgIpc) is 3.19. The van der Waals surface area contributed by atoms with Crippen LogP contribution in [-0.4, -0.2) is 42.9 Å². The number of hydrogen-bond donors (Lipinski definition) is 1. The molecule has 0 radical (unpaired) electrons. The lowest BCUT2D eigenvalue weighted by Gasteiger charge is -2.57. The van der Waals surface area contributed by atoms with E-state index < -0.39 is 41.2 Å². The number of fused-ring (bicyclic) bond motifs is 5. The summed E-state index contributed by atoms with van der Waals surface area (Å²) in [6.07, 6.45) is 3.18. The first-order chi connectivity index (χ1) is 17.1. The van der Waals surface area contributed by atoms with Crippen LogP contribution in [0, 0.1) is 34.5 Å². The predicted octanol–water partition coefficient (Wildman–Crippen LogP) is 5.55. The average molecular weight is 532 g/mol. The Morgan fingerprint density at radius 1 is 1.05 bits per heavy atom. The molecule has 4 rings (SSSR count). The van der Waals surface area contributed by atoms with Crippen molar-refractivity contribution in [3.8, 4) is 0 Å².